The van der Waals surface area contributed by atoms with Crippen molar-refractivity contribution in [2.24, 2.45) is 0 Å². The Hall–Kier alpha value is -2.02. The van der Waals surface area contributed by atoms with E-state index >= 15 is 0 Å². The van der Waals surface area contributed by atoms with E-state index in [9.17, 15) is 0 Å². The lowest BCUT2D eigenvalue weighted by Crippen LogP contribution is -1.86. The van der Waals surface area contributed by atoms with Crippen LogP contribution in [-0.2, 0) is 6.42 Å². The van der Waals surface area contributed by atoms with Gasteiger partial charge in [0.25, 0.3) is 0 Å². The summed E-state index contributed by atoms with van der Waals surface area (Å²) in [6.45, 7) is 2.09. The second-order valence-electron chi connectivity index (χ2n) is 4.54. The van der Waals surface area contributed by atoms with Crippen molar-refractivity contribution in [3.8, 4) is 0 Å². The minimum absolute atomic E-state index is 1.00. The maximum atomic E-state index is 3.35. The van der Waals surface area contributed by atoms with Gasteiger partial charge in [-0.15, -0.1) is 0 Å². The minimum Gasteiger partial charge on any atom is -0.359 e. The number of H-pyrrole nitrogens is 1. The lowest BCUT2D eigenvalue weighted by atomic mass is 10.0. The molecule has 0 saturated carbocycles. The lowest BCUT2D eigenvalue weighted by molar-refractivity contribution is 1.20. The Balaban J connectivity index is 1.95. The van der Waals surface area contributed by atoms with E-state index in [-0.39, 0.29) is 0 Å². The van der Waals surface area contributed by atoms with E-state index < -0.39 is 0 Å². The maximum Gasteiger partial charge on any atom is 0.0456 e. The number of hydrogen-bond acceptors (Lipinski definition) is 0. The van der Waals surface area contributed by atoms with Crippen molar-refractivity contribution in [2.45, 2.75) is 13.3 Å². The third kappa shape index (κ3) is 2.09. The fraction of sp³-hybridized carbons (Fsp3) is 0.125. The highest BCUT2D eigenvalue weighted by Gasteiger charge is 2.00. The molecule has 0 bridgehead atoms. The Morgan fingerprint density at radius 1 is 0.882 bits per heavy atom. The van der Waals surface area contributed by atoms with E-state index in [1.165, 1.54) is 27.7 Å². The van der Waals surface area contributed by atoms with Crippen molar-refractivity contribution in [3.05, 3.63) is 71.4 Å². The number of aromatic amines is 1. The van der Waals surface area contributed by atoms with Gasteiger partial charge in [-0.3, -0.25) is 0 Å². The molecule has 0 aliphatic heterocycles. The smallest absolute Gasteiger partial charge is 0.0456 e. The van der Waals surface area contributed by atoms with Gasteiger partial charge in [-0.25, -0.2) is 0 Å². The number of nitrogens with one attached hydrogen (secondary N) is 1. The van der Waals surface area contributed by atoms with Gasteiger partial charge in [-0.1, -0.05) is 36.4 Å². The minimum atomic E-state index is 1.00. The van der Waals surface area contributed by atoms with Crippen LogP contribution in [0.5, 0.6) is 0 Å². The Morgan fingerprint density at radius 2 is 1.71 bits per heavy atom. The summed E-state index contributed by atoms with van der Waals surface area (Å²) in [6, 6.07) is 19.4. The average molecular weight is 221 g/mol. The highest BCUT2D eigenvalue weighted by molar-refractivity contribution is 5.81. The first-order valence-corrected chi connectivity index (χ1v) is 5.93. The molecule has 0 aliphatic rings. The monoisotopic (exact) mass is 221 g/mol. The number of hydrogen-bond donors (Lipinski definition) is 1. The van der Waals surface area contributed by atoms with Crippen LogP contribution >= 0.6 is 0 Å². The van der Waals surface area contributed by atoms with Crippen LogP contribution in [0.1, 0.15) is 16.8 Å². The van der Waals surface area contributed by atoms with Gasteiger partial charge in [0, 0.05) is 11.2 Å². The zero-order chi connectivity index (χ0) is 11.7. The van der Waals surface area contributed by atoms with E-state index in [4.69, 9.17) is 0 Å². The first-order valence-electron chi connectivity index (χ1n) is 5.93. The molecule has 0 spiro atoms. The molecule has 3 rings (SSSR count). The Bertz CT molecular complexity index is 635. The number of rotatable bonds is 2. The van der Waals surface area contributed by atoms with Crippen LogP contribution in [0.3, 0.4) is 0 Å². The molecule has 0 unspecified atom stereocenters. The zero-order valence-corrected chi connectivity index (χ0v) is 9.90. The lowest BCUT2D eigenvalue weighted by Gasteiger charge is -2.01. The molecule has 0 amide bonds. The molecule has 0 fully saturated rings. The molecule has 0 radical (unpaired) electrons. The zero-order valence-electron chi connectivity index (χ0n) is 9.90. The van der Waals surface area contributed by atoms with Crippen LogP contribution in [0.25, 0.3) is 10.9 Å². The SMILES string of the molecule is Cc1cc2cc(Cc3ccccc3)ccc2[nH]1. The van der Waals surface area contributed by atoms with Gasteiger partial charge >= 0.3 is 0 Å². The van der Waals surface area contributed by atoms with E-state index in [1.807, 2.05) is 0 Å². The van der Waals surface area contributed by atoms with E-state index in [0.29, 0.717) is 0 Å². The summed E-state index contributed by atoms with van der Waals surface area (Å²) in [6.07, 6.45) is 1.00. The summed E-state index contributed by atoms with van der Waals surface area (Å²) in [5, 5.41) is 1.30. The Kier molecular flexibility index (Phi) is 2.45. The molecule has 3 aromatic rings. The number of aryl methyl sites for hydroxylation is 1. The Morgan fingerprint density at radius 3 is 2.53 bits per heavy atom. The van der Waals surface area contributed by atoms with Gasteiger partial charge in [-0.05, 0) is 48.1 Å². The molecule has 1 aromatic heterocycles. The third-order valence-corrected chi connectivity index (χ3v) is 3.07. The molecule has 1 heterocycles. The first kappa shape index (κ1) is 10.2. The van der Waals surface area contributed by atoms with Gasteiger partial charge in [0.2, 0.25) is 0 Å². The fourth-order valence-corrected chi connectivity index (χ4v) is 2.27. The normalized spacial score (nSPS) is 10.9. The third-order valence-electron chi connectivity index (χ3n) is 3.07. The van der Waals surface area contributed by atoms with Crippen LogP contribution in [0.2, 0.25) is 0 Å². The summed E-state index contributed by atoms with van der Waals surface area (Å²) in [5.41, 5.74) is 5.16. The topological polar surface area (TPSA) is 15.8 Å². The second-order valence-corrected chi connectivity index (χ2v) is 4.54. The van der Waals surface area contributed by atoms with E-state index in [1.54, 1.807) is 0 Å². The number of benzene rings is 2. The summed E-state index contributed by atoms with van der Waals surface area (Å²) in [7, 11) is 0. The molecular formula is C16H15N. The molecule has 2 aromatic carbocycles. The van der Waals surface area contributed by atoms with Crippen molar-refractivity contribution in [2.75, 3.05) is 0 Å². The molecule has 0 aliphatic carbocycles. The fourth-order valence-electron chi connectivity index (χ4n) is 2.27. The highest BCUT2D eigenvalue weighted by atomic mass is 14.7. The predicted molar refractivity (Wildman–Crippen MR) is 72.3 cm³/mol. The maximum absolute atomic E-state index is 3.35. The van der Waals surface area contributed by atoms with Crippen molar-refractivity contribution in [1.29, 1.82) is 0 Å². The van der Waals surface area contributed by atoms with Crippen LogP contribution in [0, 0.1) is 6.92 Å². The molecule has 1 N–H and O–H groups in total. The van der Waals surface area contributed by atoms with Crippen LogP contribution in [-0.4, -0.2) is 4.98 Å². The van der Waals surface area contributed by atoms with Crippen LogP contribution < -0.4 is 0 Å². The summed E-state index contributed by atoms with van der Waals surface area (Å²) in [4.78, 5) is 3.35. The van der Waals surface area contributed by atoms with Crippen molar-refractivity contribution < 1.29 is 0 Å². The summed E-state index contributed by atoms with van der Waals surface area (Å²) >= 11 is 0. The highest BCUT2D eigenvalue weighted by Crippen LogP contribution is 2.18. The molecule has 0 atom stereocenters. The molecular weight excluding hydrogens is 206 g/mol. The molecule has 17 heavy (non-hydrogen) atoms. The van der Waals surface area contributed by atoms with Crippen molar-refractivity contribution in [1.82, 2.24) is 4.98 Å². The quantitative estimate of drug-likeness (QED) is 0.671. The van der Waals surface area contributed by atoms with Crippen LogP contribution in [0.15, 0.2) is 54.6 Å². The number of aromatic nitrogens is 1. The van der Waals surface area contributed by atoms with Gasteiger partial charge < -0.3 is 4.98 Å². The van der Waals surface area contributed by atoms with Gasteiger partial charge in [0.05, 0.1) is 0 Å². The van der Waals surface area contributed by atoms with Gasteiger partial charge in [0.15, 0.2) is 0 Å². The van der Waals surface area contributed by atoms with Crippen molar-refractivity contribution >= 4 is 10.9 Å². The first-order chi connectivity index (χ1) is 8.31. The predicted octanol–water partition coefficient (Wildman–Crippen LogP) is 4.07. The van der Waals surface area contributed by atoms with Gasteiger partial charge in [-0.2, -0.15) is 0 Å². The van der Waals surface area contributed by atoms with E-state index in [2.05, 4.69) is 66.5 Å². The molecule has 84 valence electrons. The Labute approximate surface area is 101 Å². The molecule has 1 heteroatoms. The summed E-state index contributed by atoms with van der Waals surface area (Å²) in [5.74, 6) is 0. The van der Waals surface area contributed by atoms with E-state index in [0.717, 1.165) is 6.42 Å². The second kappa shape index (κ2) is 4.10. The summed E-state index contributed by atoms with van der Waals surface area (Å²) < 4.78 is 0. The van der Waals surface area contributed by atoms with Crippen molar-refractivity contribution in [3.63, 3.8) is 0 Å². The average Bonchev–Trinajstić information content (AvgIpc) is 2.70. The molecule has 0 saturated heterocycles. The standard InChI is InChI=1S/C16H15N/c1-12-9-15-11-14(7-8-16(15)17-12)10-13-5-3-2-4-6-13/h2-9,11,17H,10H2,1H3. The largest absolute Gasteiger partial charge is 0.359 e. The number of fused-ring (bicyclic) bond motifs is 1. The molecule has 1 nitrogen and oxygen atoms in total. The van der Waals surface area contributed by atoms with Gasteiger partial charge in [0.1, 0.15) is 0 Å². The van der Waals surface area contributed by atoms with Crippen LogP contribution in [0.4, 0.5) is 0 Å².